The predicted molar refractivity (Wildman–Crippen MR) is 65.8 cm³/mol. The number of para-hydroxylation sites is 1. The van der Waals surface area contributed by atoms with Crippen molar-refractivity contribution in [2.75, 3.05) is 0 Å². The van der Waals surface area contributed by atoms with E-state index in [1.165, 1.54) is 11.1 Å². The third-order valence-corrected chi connectivity index (χ3v) is 2.55. The monoisotopic (exact) mass is 197 g/mol. The van der Waals surface area contributed by atoms with Gasteiger partial charge in [-0.1, -0.05) is 42.0 Å². The largest absolute Gasteiger partial charge is 0.261 e. The molecule has 0 bridgehead atoms. The summed E-state index contributed by atoms with van der Waals surface area (Å²) >= 11 is 0. The first-order valence-corrected chi connectivity index (χ1v) is 5.29. The Kier molecular flexibility index (Phi) is 3.13. The predicted octanol–water partition coefficient (Wildman–Crippen LogP) is 3.97. The lowest BCUT2D eigenvalue weighted by atomic mass is 10.2. The van der Waals surface area contributed by atoms with Crippen molar-refractivity contribution < 1.29 is 0 Å². The lowest BCUT2D eigenvalue weighted by Gasteiger charge is -1.98. The lowest BCUT2D eigenvalue weighted by molar-refractivity contribution is 1.18. The number of benzene rings is 1. The summed E-state index contributed by atoms with van der Waals surface area (Å²) in [7, 11) is 0. The standard InChI is InChI=1S/C14H15N/c1-12-6-2-5-9-14(12)15-11-10-13-7-3-4-8-13/h2-7,9,11H,8,10H2,1H3. The zero-order chi connectivity index (χ0) is 10.5. The molecule has 0 saturated carbocycles. The van der Waals surface area contributed by atoms with Crippen molar-refractivity contribution in [1.29, 1.82) is 0 Å². The summed E-state index contributed by atoms with van der Waals surface area (Å²) in [5.41, 5.74) is 3.74. The Morgan fingerprint density at radius 3 is 2.93 bits per heavy atom. The number of hydrogen-bond donors (Lipinski definition) is 0. The molecule has 0 N–H and O–H groups in total. The fourth-order valence-corrected chi connectivity index (χ4v) is 1.61. The first kappa shape index (κ1) is 9.91. The van der Waals surface area contributed by atoms with Crippen molar-refractivity contribution in [3.05, 3.63) is 53.6 Å². The van der Waals surface area contributed by atoms with E-state index in [1.54, 1.807) is 0 Å². The highest BCUT2D eigenvalue weighted by Crippen LogP contribution is 2.18. The van der Waals surface area contributed by atoms with Crippen LogP contribution in [0.5, 0.6) is 0 Å². The first-order chi connectivity index (χ1) is 7.36. The maximum atomic E-state index is 4.48. The van der Waals surface area contributed by atoms with Gasteiger partial charge in [-0.2, -0.15) is 0 Å². The maximum Gasteiger partial charge on any atom is 0.0654 e. The summed E-state index contributed by atoms with van der Waals surface area (Å²) in [6, 6.07) is 8.20. The van der Waals surface area contributed by atoms with Crippen LogP contribution in [0, 0.1) is 6.92 Å². The fraction of sp³-hybridized carbons (Fsp3) is 0.214. The van der Waals surface area contributed by atoms with E-state index >= 15 is 0 Å². The van der Waals surface area contributed by atoms with Gasteiger partial charge in [-0.25, -0.2) is 0 Å². The van der Waals surface area contributed by atoms with Crippen LogP contribution in [0.1, 0.15) is 18.4 Å². The van der Waals surface area contributed by atoms with Gasteiger partial charge >= 0.3 is 0 Å². The van der Waals surface area contributed by atoms with E-state index in [0.717, 1.165) is 18.5 Å². The number of aliphatic imine (C=N–C) groups is 1. The van der Waals surface area contributed by atoms with Crippen LogP contribution < -0.4 is 0 Å². The molecule has 0 aliphatic heterocycles. The Morgan fingerprint density at radius 2 is 2.20 bits per heavy atom. The van der Waals surface area contributed by atoms with Crippen molar-refractivity contribution in [1.82, 2.24) is 0 Å². The molecular formula is C14H15N. The molecule has 1 aliphatic carbocycles. The molecule has 0 unspecified atom stereocenters. The maximum absolute atomic E-state index is 4.48. The minimum Gasteiger partial charge on any atom is -0.261 e. The Bertz CT molecular complexity index is 425. The highest BCUT2D eigenvalue weighted by Gasteiger charge is 1.96. The molecule has 0 heterocycles. The highest BCUT2D eigenvalue weighted by atomic mass is 14.7. The van der Waals surface area contributed by atoms with Crippen LogP contribution in [0.3, 0.4) is 0 Å². The van der Waals surface area contributed by atoms with E-state index in [-0.39, 0.29) is 0 Å². The van der Waals surface area contributed by atoms with E-state index in [2.05, 4.69) is 36.2 Å². The van der Waals surface area contributed by atoms with Gasteiger partial charge in [0.2, 0.25) is 0 Å². The van der Waals surface area contributed by atoms with Crippen molar-refractivity contribution in [2.45, 2.75) is 19.8 Å². The summed E-state index contributed by atoms with van der Waals surface area (Å²) in [5, 5.41) is 0. The molecule has 1 aromatic rings. The number of hydrogen-bond acceptors (Lipinski definition) is 1. The summed E-state index contributed by atoms with van der Waals surface area (Å²) < 4.78 is 0. The zero-order valence-corrected chi connectivity index (χ0v) is 8.98. The average Bonchev–Trinajstić information content (AvgIpc) is 2.74. The molecule has 1 aliphatic rings. The van der Waals surface area contributed by atoms with Gasteiger partial charge in [-0.15, -0.1) is 0 Å². The van der Waals surface area contributed by atoms with Gasteiger partial charge in [0.25, 0.3) is 0 Å². The Hall–Kier alpha value is -1.63. The molecular weight excluding hydrogens is 182 g/mol. The van der Waals surface area contributed by atoms with Gasteiger partial charge in [-0.3, -0.25) is 4.99 Å². The Labute approximate surface area is 90.9 Å². The molecule has 0 saturated heterocycles. The molecule has 1 nitrogen and oxygen atoms in total. The van der Waals surface area contributed by atoms with E-state index in [1.807, 2.05) is 24.4 Å². The smallest absolute Gasteiger partial charge is 0.0654 e. The summed E-state index contributed by atoms with van der Waals surface area (Å²) in [5.74, 6) is 0. The number of rotatable bonds is 3. The number of allylic oxidation sites excluding steroid dienone is 4. The van der Waals surface area contributed by atoms with Gasteiger partial charge in [-0.05, 0) is 25.0 Å². The third kappa shape index (κ3) is 2.66. The lowest BCUT2D eigenvalue weighted by Crippen LogP contribution is -1.80. The van der Waals surface area contributed by atoms with Crippen LogP contribution in [0.25, 0.3) is 0 Å². The molecule has 0 radical (unpaired) electrons. The molecule has 0 amide bonds. The van der Waals surface area contributed by atoms with E-state index in [9.17, 15) is 0 Å². The second-order valence-corrected chi connectivity index (χ2v) is 3.76. The van der Waals surface area contributed by atoms with Crippen LogP contribution in [0.4, 0.5) is 5.69 Å². The summed E-state index contributed by atoms with van der Waals surface area (Å²) in [6.07, 6.45) is 10.5. The minimum atomic E-state index is 0.960. The number of nitrogens with zero attached hydrogens (tertiary/aromatic N) is 1. The van der Waals surface area contributed by atoms with E-state index < -0.39 is 0 Å². The Morgan fingerprint density at radius 1 is 1.33 bits per heavy atom. The molecule has 0 aromatic heterocycles. The normalized spacial score (nSPS) is 14.9. The van der Waals surface area contributed by atoms with Crippen LogP contribution in [-0.4, -0.2) is 6.21 Å². The van der Waals surface area contributed by atoms with Gasteiger partial charge in [0.05, 0.1) is 5.69 Å². The van der Waals surface area contributed by atoms with Gasteiger partial charge in [0.1, 0.15) is 0 Å². The first-order valence-electron chi connectivity index (χ1n) is 5.29. The molecule has 0 fully saturated rings. The average molecular weight is 197 g/mol. The highest BCUT2D eigenvalue weighted by molar-refractivity contribution is 5.67. The van der Waals surface area contributed by atoms with Crippen LogP contribution >= 0.6 is 0 Å². The molecule has 15 heavy (non-hydrogen) atoms. The molecule has 76 valence electrons. The van der Waals surface area contributed by atoms with Crippen LogP contribution in [0.15, 0.2) is 53.1 Å². The quantitative estimate of drug-likeness (QED) is 0.650. The number of aryl methyl sites for hydroxylation is 1. The zero-order valence-electron chi connectivity index (χ0n) is 8.98. The second kappa shape index (κ2) is 4.74. The third-order valence-electron chi connectivity index (χ3n) is 2.55. The van der Waals surface area contributed by atoms with E-state index in [4.69, 9.17) is 0 Å². The minimum absolute atomic E-state index is 0.960. The van der Waals surface area contributed by atoms with Gasteiger partial charge in [0.15, 0.2) is 0 Å². The molecule has 0 atom stereocenters. The van der Waals surface area contributed by atoms with Crippen molar-refractivity contribution >= 4 is 11.9 Å². The van der Waals surface area contributed by atoms with Crippen LogP contribution in [-0.2, 0) is 0 Å². The molecule has 2 rings (SSSR count). The summed E-state index contributed by atoms with van der Waals surface area (Å²) in [6.45, 7) is 2.09. The van der Waals surface area contributed by atoms with Crippen molar-refractivity contribution in [3.8, 4) is 0 Å². The Balaban J connectivity index is 1.97. The molecule has 0 spiro atoms. The van der Waals surface area contributed by atoms with Crippen molar-refractivity contribution in [2.24, 2.45) is 4.99 Å². The van der Waals surface area contributed by atoms with Crippen LogP contribution in [0.2, 0.25) is 0 Å². The van der Waals surface area contributed by atoms with Gasteiger partial charge < -0.3 is 0 Å². The molecule has 1 aromatic carbocycles. The van der Waals surface area contributed by atoms with Crippen molar-refractivity contribution in [3.63, 3.8) is 0 Å². The van der Waals surface area contributed by atoms with Gasteiger partial charge in [0, 0.05) is 12.6 Å². The van der Waals surface area contributed by atoms with E-state index in [0.29, 0.717) is 0 Å². The second-order valence-electron chi connectivity index (χ2n) is 3.76. The fourth-order valence-electron chi connectivity index (χ4n) is 1.61. The molecule has 1 heteroatoms. The summed E-state index contributed by atoms with van der Waals surface area (Å²) in [4.78, 5) is 4.48. The SMILES string of the molecule is Cc1ccccc1N=CCC1=CC=CC1. The topological polar surface area (TPSA) is 12.4 Å².